The third kappa shape index (κ3) is 5.25. The summed E-state index contributed by atoms with van der Waals surface area (Å²) in [6.45, 7) is 5.49. The van der Waals surface area contributed by atoms with E-state index in [0.717, 1.165) is 18.4 Å². The van der Waals surface area contributed by atoms with Crippen LogP contribution >= 0.6 is 0 Å². The second-order valence-corrected chi connectivity index (χ2v) is 9.39. The number of nitrogen functional groups attached to an aromatic ring is 1. The highest BCUT2D eigenvalue weighted by molar-refractivity contribution is 6.05. The fourth-order valence-corrected chi connectivity index (χ4v) is 4.41. The van der Waals surface area contributed by atoms with Gasteiger partial charge in [0.25, 0.3) is 5.91 Å². The number of carbonyl (C=O) groups excluding carboxylic acids is 1. The van der Waals surface area contributed by atoms with E-state index in [0.29, 0.717) is 42.4 Å². The van der Waals surface area contributed by atoms with E-state index in [-0.39, 0.29) is 28.9 Å². The van der Waals surface area contributed by atoms with Crippen LogP contribution in [-0.4, -0.2) is 46.5 Å². The molecule has 1 amide bonds. The fraction of sp³-hybridized carbons (Fsp3) is 0.321. The Bertz CT molecular complexity index is 1420. The van der Waals surface area contributed by atoms with Crippen LogP contribution in [0.4, 0.5) is 20.3 Å². The largest absolute Gasteiger partial charge is 0.482 e. The molecule has 1 saturated carbocycles. The van der Waals surface area contributed by atoms with Gasteiger partial charge in [0.05, 0.1) is 12.1 Å². The number of carbonyl (C=O) groups is 1. The summed E-state index contributed by atoms with van der Waals surface area (Å²) in [6.07, 6.45) is 3.20. The average Bonchev–Trinajstić information content (AvgIpc) is 3.69. The molecule has 0 bridgehead atoms. The van der Waals surface area contributed by atoms with Gasteiger partial charge in [-0.1, -0.05) is 12.0 Å². The van der Waals surface area contributed by atoms with Crippen LogP contribution in [-0.2, 0) is 0 Å². The first-order valence-electron chi connectivity index (χ1n) is 12.1. The lowest BCUT2D eigenvalue weighted by molar-refractivity contribution is 0.0301. The maximum Gasteiger partial charge on any atom is 0.258 e. The maximum atomic E-state index is 14.8. The Kier molecular flexibility index (Phi) is 6.76. The van der Waals surface area contributed by atoms with Crippen molar-refractivity contribution in [3.8, 4) is 28.8 Å². The van der Waals surface area contributed by atoms with Gasteiger partial charge in [0.15, 0.2) is 11.6 Å². The van der Waals surface area contributed by atoms with E-state index in [2.05, 4.69) is 32.0 Å². The number of ether oxygens (including phenoxy) is 1. The lowest BCUT2D eigenvalue weighted by Crippen LogP contribution is -2.53. The van der Waals surface area contributed by atoms with Crippen LogP contribution in [0.3, 0.4) is 0 Å². The Morgan fingerprint density at radius 1 is 1.22 bits per heavy atom. The normalized spacial score (nSPS) is 15.5. The molecule has 1 aliphatic heterocycles. The lowest BCUT2D eigenvalue weighted by Gasteiger charge is -2.38. The Labute approximate surface area is 214 Å². The number of hydrogen-bond acceptors (Lipinski definition) is 6. The molecule has 0 unspecified atom stereocenters. The second-order valence-electron chi connectivity index (χ2n) is 9.39. The van der Waals surface area contributed by atoms with Crippen molar-refractivity contribution >= 4 is 17.4 Å². The molecule has 37 heavy (non-hydrogen) atoms. The van der Waals surface area contributed by atoms with Crippen LogP contribution < -0.4 is 15.8 Å². The number of rotatable bonds is 7. The Hall–Kier alpha value is -4.03. The molecule has 1 aromatic heterocycles. The van der Waals surface area contributed by atoms with Gasteiger partial charge >= 0.3 is 0 Å². The molecule has 3 aromatic rings. The third-order valence-corrected chi connectivity index (χ3v) is 6.68. The summed E-state index contributed by atoms with van der Waals surface area (Å²) in [6, 6.07) is 7.13. The van der Waals surface area contributed by atoms with Gasteiger partial charge in [0.2, 0.25) is 0 Å². The first kappa shape index (κ1) is 24.7. The minimum atomic E-state index is -0.664. The van der Waals surface area contributed by atoms with Gasteiger partial charge < -0.3 is 15.8 Å². The van der Waals surface area contributed by atoms with Crippen molar-refractivity contribution in [2.24, 2.45) is 0 Å². The van der Waals surface area contributed by atoms with Crippen molar-refractivity contribution in [2.75, 3.05) is 30.7 Å². The van der Waals surface area contributed by atoms with Gasteiger partial charge in [-0.2, -0.15) is 0 Å². The van der Waals surface area contributed by atoms with E-state index in [1.807, 2.05) is 0 Å². The zero-order valence-corrected chi connectivity index (χ0v) is 20.6. The number of benzene rings is 2. The molecule has 190 valence electrons. The van der Waals surface area contributed by atoms with E-state index in [9.17, 15) is 13.6 Å². The molecule has 9 heteroatoms. The Balaban J connectivity index is 1.40. The molecule has 3 N–H and O–H groups in total. The molecule has 0 spiro atoms. The van der Waals surface area contributed by atoms with E-state index in [1.165, 1.54) is 30.6 Å². The number of amides is 1. The Morgan fingerprint density at radius 2 is 2.00 bits per heavy atom. The molecular weight excluding hydrogens is 476 g/mol. The van der Waals surface area contributed by atoms with Crippen molar-refractivity contribution in [1.82, 2.24) is 14.9 Å². The van der Waals surface area contributed by atoms with Gasteiger partial charge in [-0.25, -0.2) is 18.7 Å². The number of hydrogen-bond donors (Lipinski definition) is 2. The zero-order valence-electron chi connectivity index (χ0n) is 20.6. The van der Waals surface area contributed by atoms with E-state index in [4.69, 9.17) is 10.5 Å². The number of nitrogens with zero attached hydrogens (tertiary/aromatic N) is 3. The summed E-state index contributed by atoms with van der Waals surface area (Å²) >= 11 is 0. The van der Waals surface area contributed by atoms with Crippen molar-refractivity contribution in [3.63, 3.8) is 0 Å². The quantitative estimate of drug-likeness (QED) is 0.461. The highest BCUT2D eigenvalue weighted by atomic mass is 19.1. The summed E-state index contributed by atoms with van der Waals surface area (Å²) in [7, 11) is 0. The van der Waals surface area contributed by atoms with E-state index < -0.39 is 17.5 Å². The van der Waals surface area contributed by atoms with Gasteiger partial charge in [0, 0.05) is 24.3 Å². The molecule has 0 radical (unpaired) electrons. The van der Waals surface area contributed by atoms with Crippen molar-refractivity contribution in [1.29, 1.82) is 0 Å². The number of halogens is 2. The predicted molar refractivity (Wildman–Crippen MR) is 137 cm³/mol. The molecular formula is C28H27F2N5O2. The Morgan fingerprint density at radius 3 is 2.70 bits per heavy atom. The topological polar surface area (TPSA) is 93.4 Å². The van der Waals surface area contributed by atoms with Crippen LogP contribution in [0.2, 0.25) is 0 Å². The van der Waals surface area contributed by atoms with Crippen LogP contribution in [0.15, 0.2) is 36.7 Å². The van der Waals surface area contributed by atoms with Gasteiger partial charge in [0.1, 0.15) is 29.8 Å². The van der Waals surface area contributed by atoms with Gasteiger partial charge in [-0.3, -0.25) is 9.69 Å². The summed E-state index contributed by atoms with van der Waals surface area (Å²) in [5.74, 6) is 4.76. The smallest absolute Gasteiger partial charge is 0.258 e. The van der Waals surface area contributed by atoms with Crippen LogP contribution in [0, 0.1) is 30.4 Å². The second kappa shape index (κ2) is 10.1. The molecule has 5 rings (SSSR count). The predicted octanol–water partition coefficient (Wildman–Crippen LogP) is 4.53. The molecule has 1 saturated heterocycles. The van der Waals surface area contributed by atoms with Crippen LogP contribution in [0.25, 0.3) is 11.3 Å². The number of nitrogens with two attached hydrogens (primary N) is 1. The highest BCUT2D eigenvalue weighted by Crippen LogP contribution is 2.41. The van der Waals surface area contributed by atoms with E-state index in [1.54, 1.807) is 19.9 Å². The minimum absolute atomic E-state index is 0.104. The van der Waals surface area contributed by atoms with Crippen LogP contribution in [0.5, 0.6) is 5.75 Å². The highest BCUT2D eigenvalue weighted by Gasteiger charge is 2.30. The number of aromatic nitrogens is 2. The monoisotopic (exact) mass is 503 g/mol. The molecule has 1 aliphatic carbocycles. The standard InChI is InChI=1S/C28H27F2N5O2/c1-3-4-9-35-13-20(14-35)37-26-25(32-15-33-27(26)31)22-11-19(29)12-24(16(22)2)34-28(36)21-8-7-18(10-23(21)30)17-5-6-17/h7-8,10-12,15,17,20H,5-6,9,13-14H2,1-2H3,(H,34,36)(H2,31,32,33). The summed E-state index contributed by atoms with van der Waals surface area (Å²) in [5, 5.41) is 2.65. The first-order valence-corrected chi connectivity index (χ1v) is 12.1. The minimum Gasteiger partial charge on any atom is -0.482 e. The number of anilines is 2. The van der Waals surface area contributed by atoms with Crippen molar-refractivity contribution in [3.05, 3.63) is 65.0 Å². The summed E-state index contributed by atoms with van der Waals surface area (Å²) < 4.78 is 35.5. The molecule has 2 fully saturated rings. The zero-order chi connectivity index (χ0) is 26.1. The van der Waals surface area contributed by atoms with Crippen molar-refractivity contribution < 1.29 is 18.3 Å². The molecule has 2 aliphatic rings. The van der Waals surface area contributed by atoms with Crippen molar-refractivity contribution in [2.45, 2.75) is 38.7 Å². The van der Waals surface area contributed by atoms with Gasteiger partial charge in [-0.15, -0.1) is 5.92 Å². The number of likely N-dealkylation sites (tertiary alicyclic amines) is 1. The SMILES string of the molecule is CC#CCN1CC(Oc2c(N)ncnc2-c2cc(F)cc(NC(=O)c3ccc(C4CC4)cc3F)c2C)C1. The average molecular weight is 504 g/mol. The summed E-state index contributed by atoms with van der Waals surface area (Å²) in [5.41, 5.74) is 8.33. The summed E-state index contributed by atoms with van der Waals surface area (Å²) in [4.78, 5) is 23.4. The number of nitrogens with one attached hydrogen (secondary N) is 1. The van der Waals surface area contributed by atoms with Gasteiger partial charge in [-0.05, 0) is 68.0 Å². The third-order valence-electron chi connectivity index (χ3n) is 6.68. The molecule has 2 heterocycles. The molecule has 0 atom stereocenters. The molecule has 2 aromatic carbocycles. The van der Waals surface area contributed by atoms with E-state index >= 15 is 0 Å². The molecule has 7 nitrogen and oxygen atoms in total. The first-order chi connectivity index (χ1) is 17.8. The maximum absolute atomic E-state index is 14.8. The lowest BCUT2D eigenvalue weighted by atomic mass is 10.0. The van der Waals surface area contributed by atoms with Crippen LogP contribution in [0.1, 0.15) is 47.2 Å². The fourth-order valence-electron chi connectivity index (χ4n) is 4.41.